The Morgan fingerprint density at radius 1 is 0.875 bits per heavy atom. The summed E-state index contributed by atoms with van der Waals surface area (Å²) in [5, 5.41) is 0. The van der Waals surface area contributed by atoms with E-state index in [-0.39, 0.29) is 5.57 Å². The van der Waals surface area contributed by atoms with Gasteiger partial charge in [0.2, 0.25) is 0 Å². The molecule has 1 aliphatic carbocycles. The first-order chi connectivity index (χ1) is 7.54. The van der Waals surface area contributed by atoms with Gasteiger partial charge in [-0.2, -0.15) is 0 Å². The van der Waals surface area contributed by atoms with Gasteiger partial charge >= 0.3 is 6.03 Å². The highest BCUT2D eigenvalue weighted by molar-refractivity contribution is 6.28. The Morgan fingerprint density at radius 2 is 1.31 bits per heavy atom. The zero-order valence-corrected chi connectivity index (χ0v) is 9.45. The van der Waals surface area contributed by atoms with Crippen molar-refractivity contribution in [3.8, 4) is 0 Å². The van der Waals surface area contributed by atoms with Crippen molar-refractivity contribution in [1.29, 1.82) is 0 Å². The molecule has 0 aromatic heterocycles. The molecule has 1 heterocycles. The minimum atomic E-state index is -0.558. The van der Waals surface area contributed by atoms with Crippen LogP contribution in [0.3, 0.4) is 0 Å². The molecule has 2 rings (SSSR count). The fraction of sp³-hybridized carbons (Fsp3) is 0.545. The van der Waals surface area contributed by atoms with Gasteiger partial charge in [0.1, 0.15) is 5.57 Å². The van der Waals surface area contributed by atoms with Crippen LogP contribution in [0.25, 0.3) is 0 Å². The van der Waals surface area contributed by atoms with Gasteiger partial charge in [0, 0.05) is 14.1 Å². The number of nitrogens with zero attached hydrogens (tertiary/aromatic N) is 2. The second kappa shape index (κ2) is 3.73. The summed E-state index contributed by atoms with van der Waals surface area (Å²) >= 11 is 0. The van der Waals surface area contributed by atoms with E-state index in [1.54, 1.807) is 0 Å². The fourth-order valence-electron chi connectivity index (χ4n) is 2.18. The Kier molecular flexibility index (Phi) is 2.53. The van der Waals surface area contributed by atoms with E-state index >= 15 is 0 Å². The number of allylic oxidation sites excluding steroid dienone is 1. The van der Waals surface area contributed by atoms with E-state index in [1.807, 2.05) is 0 Å². The molecule has 0 aromatic rings. The third-order valence-electron chi connectivity index (χ3n) is 3.17. The summed E-state index contributed by atoms with van der Waals surface area (Å²) in [6.07, 6.45) is 3.62. The molecule has 5 heteroatoms. The third kappa shape index (κ3) is 1.43. The summed E-state index contributed by atoms with van der Waals surface area (Å²) in [5.41, 5.74) is 1.11. The molecule has 0 spiro atoms. The lowest BCUT2D eigenvalue weighted by molar-refractivity contribution is -0.134. The molecule has 1 saturated carbocycles. The van der Waals surface area contributed by atoms with Crippen molar-refractivity contribution < 1.29 is 14.4 Å². The fourth-order valence-corrected chi connectivity index (χ4v) is 2.18. The van der Waals surface area contributed by atoms with Crippen LogP contribution < -0.4 is 0 Å². The lowest BCUT2D eigenvalue weighted by Gasteiger charge is -2.29. The summed E-state index contributed by atoms with van der Waals surface area (Å²) in [6, 6.07) is -0.558. The number of hydrogen-bond donors (Lipinski definition) is 0. The summed E-state index contributed by atoms with van der Waals surface area (Å²) in [5.74, 6) is -0.907. The molecule has 2 fully saturated rings. The van der Waals surface area contributed by atoms with Crippen molar-refractivity contribution in [2.24, 2.45) is 0 Å². The van der Waals surface area contributed by atoms with Gasteiger partial charge in [0.05, 0.1) is 0 Å². The largest absolute Gasteiger partial charge is 0.333 e. The molecule has 0 bridgehead atoms. The lowest BCUT2D eigenvalue weighted by atomic mass is 10.0. The maximum Gasteiger partial charge on any atom is 0.333 e. The zero-order valence-electron chi connectivity index (χ0n) is 9.45. The monoisotopic (exact) mass is 222 g/mol. The highest BCUT2D eigenvalue weighted by atomic mass is 16.2. The standard InChI is InChI=1S/C11H14N2O3/c1-12-9(14)8(7-5-3-4-6-7)10(15)13(2)11(12)16/h3-6H2,1-2H3. The van der Waals surface area contributed by atoms with E-state index in [0.29, 0.717) is 0 Å². The number of amides is 4. The zero-order chi connectivity index (χ0) is 11.9. The number of likely N-dealkylation sites (N-methyl/N-ethyl adjacent to an activating group) is 2. The molecule has 0 atom stereocenters. The topological polar surface area (TPSA) is 57.7 Å². The number of rotatable bonds is 0. The molecule has 0 unspecified atom stereocenters. The van der Waals surface area contributed by atoms with Crippen LogP contribution in [-0.2, 0) is 9.59 Å². The summed E-state index contributed by atoms with van der Waals surface area (Å²) in [6.45, 7) is 0. The smallest absolute Gasteiger partial charge is 0.268 e. The van der Waals surface area contributed by atoms with Crippen LogP contribution in [0.15, 0.2) is 11.1 Å². The molecule has 1 saturated heterocycles. The van der Waals surface area contributed by atoms with Crippen LogP contribution in [0.4, 0.5) is 4.79 Å². The maximum absolute atomic E-state index is 11.9. The van der Waals surface area contributed by atoms with E-state index < -0.39 is 17.8 Å². The van der Waals surface area contributed by atoms with Crippen LogP contribution in [-0.4, -0.2) is 41.7 Å². The number of urea groups is 1. The summed E-state index contributed by atoms with van der Waals surface area (Å²) in [4.78, 5) is 37.3. The van der Waals surface area contributed by atoms with Crippen LogP contribution >= 0.6 is 0 Å². The van der Waals surface area contributed by atoms with Crippen molar-refractivity contribution in [1.82, 2.24) is 9.80 Å². The Labute approximate surface area is 93.7 Å². The van der Waals surface area contributed by atoms with E-state index in [0.717, 1.165) is 41.1 Å². The number of barbiturate groups is 1. The van der Waals surface area contributed by atoms with Gasteiger partial charge in [0.25, 0.3) is 11.8 Å². The Bertz CT molecular complexity index is 377. The lowest BCUT2D eigenvalue weighted by Crippen LogP contribution is -2.53. The first kappa shape index (κ1) is 10.9. The number of carbonyl (C=O) groups is 3. The molecule has 0 aromatic carbocycles. The van der Waals surface area contributed by atoms with Crippen molar-refractivity contribution in [2.75, 3.05) is 14.1 Å². The Hall–Kier alpha value is -1.65. The molecular weight excluding hydrogens is 208 g/mol. The first-order valence-electron chi connectivity index (χ1n) is 5.36. The van der Waals surface area contributed by atoms with Crippen LogP contribution in [0.5, 0.6) is 0 Å². The van der Waals surface area contributed by atoms with Crippen molar-refractivity contribution in [3.63, 3.8) is 0 Å². The maximum atomic E-state index is 11.9. The van der Waals surface area contributed by atoms with Gasteiger partial charge in [-0.1, -0.05) is 5.57 Å². The predicted octanol–water partition coefficient (Wildman–Crippen LogP) is 0.907. The van der Waals surface area contributed by atoms with Gasteiger partial charge in [-0.05, 0) is 25.7 Å². The van der Waals surface area contributed by atoms with E-state index in [2.05, 4.69) is 0 Å². The first-order valence-corrected chi connectivity index (χ1v) is 5.36. The Balaban J connectivity index is 2.45. The van der Waals surface area contributed by atoms with Crippen molar-refractivity contribution in [2.45, 2.75) is 25.7 Å². The predicted molar refractivity (Wildman–Crippen MR) is 56.4 cm³/mol. The summed E-state index contributed by atoms with van der Waals surface area (Å²) < 4.78 is 0. The Morgan fingerprint density at radius 3 is 1.75 bits per heavy atom. The molecule has 4 amide bonds. The quantitative estimate of drug-likeness (QED) is 0.452. The minimum absolute atomic E-state index is 0.210. The average Bonchev–Trinajstić information content (AvgIpc) is 2.77. The van der Waals surface area contributed by atoms with Crippen LogP contribution in [0, 0.1) is 0 Å². The molecule has 0 radical (unpaired) electrons. The minimum Gasteiger partial charge on any atom is -0.268 e. The second-order valence-corrected chi connectivity index (χ2v) is 4.20. The molecule has 2 aliphatic rings. The molecule has 0 N–H and O–H groups in total. The number of imide groups is 2. The molecule has 16 heavy (non-hydrogen) atoms. The van der Waals surface area contributed by atoms with Crippen molar-refractivity contribution >= 4 is 17.8 Å². The number of carbonyl (C=O) groups excluding carboxylic acids is 3. The average molecular weight is 222 g/mol. The van der Waals surface area contributed by atoms with Gasteiger partial charge in [-0.3, -0.25) is 19.4 Å². The van der Waals surface area contributed by atoms with Gasteiger partial charge in [-0.25, -0.2) is 4.79 Å². The van der Waals surface area contributed by atoms with Crippen LogP contribution in [0.1, 0.15) is 25.7 Å². The van der Waals surface area contributed by atoms with E-state index in [4.69, 9.17) is 0 Å². The van der Waals surface area contributed by atoms with E-state index in [9.17, 15) is 14.4 Å². The SMILES string of the molecule is CN1C(=O)C(=C2CCCC2)C(=O)N(C)C1=O. The molecular formula is C11H14N2O3. The van der Waals surface area contributed by atoms with Crippen molar-refractivity contribution in [3.05, 3.63) is 11.1 Å². The van der Waals surface area contributed by atoms with E-state index in [1.165, 1.54) is 14.1 Å². The highest BCUT2D eigenvalue weighted by Crippen LogP contribution is 2.30. The third-order valence-corrected chi connectivity index (χ3v) is 3.17. The molecule has 5 nitrogen and oxygen atoms in total. The van der Waals surface area contributed by atoms with Gasteiger partial charge in [-0.15, -0.1) is 0 Å². The highest BCUT2D eigenvalue weighted by Gasteiger charge is 2.39. The van der Waals surface area contributed by atoms with Crippen LogP contribution in [0.2, 0.25) is 0 Å². The molecule has 1 aliphatic heterocycles. The normalized spacial score (nSPS) is 22.5. The number of hydrogen-bond acceptors (Lipinski definition) is 3. The second-order valence-electron chi connectivity index (χ2n) is 4.20. The van der Waals surface area contributed by atoms with Gasteiger partial charge in [0.15, 0.2) is 0 Å². The summed E-state index contributed by atoms with van der Waals surface area (Å²) in [7, 11) is 2.81. The van der Waals surface area contributed by atoms with Gasteiger partial charge < -0.3 is 0 Å². The molecule has 86 valence electrons.